The second-order valence-corrected chi connectivity index (χ2v) is 6.17. The highest BCUT2D eigenvalue weighted by Gasteiger charge is 2.60. The third-order valence-corrected chi connectivity index (χ3v) is 4.59. The number of hydrogen-bond donors (Lipinski definition) is 0. The summed E-state index contributed by atoms with van der Waals surface area (Å²) in [7, 11) is 1.29. The van der Waals surface area contributed by atoms with E-state index in [1.807, 2.05) is 0 Å². The Labute approximate surface area is 135 Å². The van der Waals surface area contributed by atoms with Gasteiger partial charge in [-0.3, -0.25) is 9.48 Å². The van der Waals surface area contributed by atoms with Gasteiger partial charge in [-0.15, -0.1) is 0 Å². The number of rotatable bonds is 2. The Bertz CT molecular complexity index is 837. The second-order valence-electron chi connectivity index (χ2n) is 5.37. The number of halogens is 6. The molecule has 3 rings (SSSR count). The molecule has 9 heteroatoms. The fourth-order valence-electron chi connectivity index (χ4n) is 2.65. The van der Waals surface area contributed by atoms with E-state index in [-0.39, 0.29) is 10.2 Å². The maximum Gasteiger partial charge on any atom is 0.418 e. The van der Waals surface area contributed by atoms with Crippen LogP contribution in [0.1, 0.15) is 23.6 Å². The van der Waals surface area contributed by atoms with Gasteiger partial charge in [-0.25, -0.2) is 13.5 Å². The van der Waals surface area contributed by atoms with Crippen molar-refractivity contribution in [3.05, 3.63) is 50.3 Å². The van der Waals surface area contributed by atoms with Crippen LogP contribution in [0.15, 0.2) is 33.5 Å². The van der Waals surface area contributed by atoms with Crippen molar-refractivity contribution in [2.75, 3.05) is 0 Å². The van der Waals surface area contributed by atoms with Crippen LogP contribution >= 0.6 is 15.9 Å². The van der Waals surface area contributed by atoms with Crippen LogP contribution in [-0.4, -0.2) is 15.3 Å². The van der Waals surface area contributed by atoms with Crippen molar-refractivity contribution < 1.29 is 22.0 Å². The fourth-order valence-corrected chi connectivity index (χ4v) is 3.35. The smallest absolute Gasteiger partial charge is 0.283 e. The first-order valence-corrected chi connectivity index (χ1v) is 7.37. The van der Waals surface area contributed by atoms with Gasteiger partial charge in [0.2, 0.25) is 0 Å². The first-order valence-electron chi connectivity index (χ1n) is 6.57. The van der Waals surface area contributed by atoms with Crippen molar-refractivity contribution in [1.29, 1.82) is 0 Å². The van der Waals surface area contributed by atoms with Crippen molar-refractivity contribution in [2.45, 2.75) is 24.4 Å². The SMILES string of the molecule is Cn1c(C2CC2(F)F)c(Br)c(=O)n1-c1ccccc1C(F)(F)F. The van der Waals surface area contributed by atoms with Gasteiger partial charge >= 0.3 is 6.18 Å². The van der Waals surface area contributed by atoms with Crippen LogP contribution in [0.4, 0.5) is 22.0 Å². The summed E-state index contributed by atoms with van der Waals surface area (Å²) >= 11 is 2.95. The summed E-state index contributed by atoms with van der Waals surface area (Å²) in [5, 5.41) is 0. The first-order chi connectivity index (χ1) is 10.6. The number of benzene rings is 1. The van der Waals surface area contributed by atoms with Crippen molar-refractivity contribution in [1.82, 2.24) is 9.36 Å². The van der Waals surface area contributed by atoms with Gasteiger partial charge in [-0.1, -0.05) is 12.1 Å². The van der Waals surface area contributed by atoms with Crippen molar-refractivity contribution in [3.8, 4) is 5.69 Å². The maximum atomic E-state index is 13.3. The molecule has 1 atom stereocenters. The van der Waals surface area contributed by atoms with Gasteiger partial charge in [0.1, 0.15) is 4.47 Å². The van der Waals surface area contributed by atoms with E-state index >= 15 is 0 Å². The molecule has 0 spiro atoms. The molecule has 3 nitrogen and oxygen atoms in total. The minimum atomic E-state index is -4.67. The van der Waals surface area contributed by atoms with Crippen molar-refractivity contribution in [3.63, 3.8) is 0 Å². The van der Waals surface area contributed by atoms with E-state index in [0.717, 1.165) is 21.5 Å². The van der Waals surface area contributed by atoms with Crippen molar-refractivity contribution in [2.24, 2.45) is 7.05 Å². The van der Waals surface area contributed by atoms with Gasteiger partial charge in [-0.2, -0.15) is 13.2 Å². The Morgan fingerprint density at radius 3 is 2.35 bits per heavy atom. The Kier molecular flexibility index (Phi) is 3.48. The molecular weight excluding hydrogens is 387 g/mol. The highest BCUT2D eigenvalue weighted by atomic mass is 79.9. The van der Waals surface area contributed by atoms with Crippen LogP contribution < -0.4 is 5.56 Å². The summed E-state index contributed by atoms with van der Waals surface area (Å²) in [4.78, 5) is 12.3. The predicted octanol–water partition coefficient (Wildman–Crippen LogP) is 4.08. The zero-order valence-electron chi connectivity index (χ0n) is 11.7. The molecular formula is C14H10BrF5N2O. The minimum absolute atomic E-state index is 0.00280. The lowest BCUT2D eigenvalue weighted by Crippen LogP contribution is -2.23. The molecule has 0 aliphatic heterocycles. The van der Waals surface area contributed by atoms with Crippen LogP contribution in [0.2, 0.25) is 0 Å². The standard InChI is InChI=1S/C14H10BrF5N2O/c1-21-11(8-6-13(8,16)17)10(15)12(23)22(21)9-5-3-2-4-7(9)14(18,19)20/h2-5,8H,6H2,1H3. The molecule has 23 heavy (non-hydrogen) atoms. The summed E-state index contributed by atoms with van der Waals surface area (Å²) in [5.41, 5.74) is -2.22. The largest absolute Gasteiger partial charge is 0.418 e. The van der Waals surface area contributed by atoms with Crippen LogP contribution in [0.3, 0.4) is 0 Å². The Balaban J connectivity index is 2.24. The quantitative estimate of drug-likeness (QED) is 0.702. The third kappa shape index (κ3) is 2.50. The molecule has 124 valence electrons. The van der Waals surface area contributed by atoms with E-state index in [1.165, 1.54) is 19.2 Å². The summed E-state index contributed by atoms with van der Waals surface area (Å²) in [5.74, 6) is -4.11. The third-order valence-electron chi connectivity index (χ3n) is 3.85. The van der Waals surface area contributed by atoms with E-state index < -0.39 is 41.2 Å². The molecule has 1 fully saturated rings. The molecule has 0 bridgehead atoms. The lowest BCUT2D eigenvalue weighted by molar-refractivity contribution is -0.137. The van der Waals surface area contributed by atoms with E-state index in [9.17, 15) is 26.7 Å². The Hall–Kier alpha value is -1.64. The van der Waals surface area contributed by atoms with Gasteiger partial charge in [0.25, 0.3) is 11.5 Å². The number of nitrogens with zero attached hydrogens (tertiary/aromatic N) is 2. The summed E-state index contributed by atoms with van der Waals surface area (Å²) < 4.78 is 67.8. The summed E-state index contributed by atoms with van der Waals surface area (Å²) in [6, 6.07) is 4.52. The number of hydrogen-bond acceptors (Lipinski definition) is 1. The molecule has 1 aromatic heterocycles. The molecule has 0 saturated heterocycles. The molecule has 2 aromatic rings. The molecule has 1 aromatic carbocycles. The lowest BCUT2D eigenvalue weighted by atomic mass is 10.1. The average molecular weight is 397 g/mol. The number of para-hydroxylation sites is 1. The van der Waals surface area contributed by atoms with E-state index in [4.69, 9.17) is 0 Å². The maximum absolute atomic E-state index is 13.3. The van der Waals surface area contributed by atoms with Crippen LogP contribution in [0.5, 0.6) is 0 Å². The number of alkyl halides is 5. The molecule has 1 saturated carbocycles. The molecule has 1 aliphatic rings. The zero-order chi connectivity index (χ0) is 17.2. The zero-order valence-corrected chi connectivity index (χ0v) is 13.3. The normalized spacial score (nSPS) is 19.9. The van der Waals surface area contributed by atoms with Gasteiger partial charge in [-0.05, 0) is 28.1 Å². The second kappa shape index (κ2) is 4.93. The monoisotopic (exact) mass is 396 g/mol. The Morgan fingerprint density at radius 2 is 1.83 bits per heavy atom. The van der Waals surface area contributed by atoms with Gasteiger partial charge in [0, 0.05) is 13.5 Å². The lowest BCUT2D eigenvalue weighted by Gasteiger charge is -2.15. The first kappa shape index (κ1) is 16.2. The highest BCUT2D eigenvalue weighted by Crippen LogP contribution is 2.56. The number of aromatic nitrogens is 2. The Morgan fingerprint density at radius 1 is 1.26 bits per heavy atom. The molecule has 0 amide bonds. The summed E-state index contributed by atoms with van der Waals surface area (Å²) in [6.07, 6.45) is -5.10. The van der Waals surface area contributed by atoms with Crippen LogP contribution in [0, 0.1) is 0 Å². The highest BCUT2D eigenvalue weighted by molar-refractivity contribution is 9.10. The molecule has 0 radical (unpaired) electrons. The minimum Gasteiger partial charge on any atom is -0.283 e. The summed E-state index contributed by atoms with van der Waals surface area (Å²) in [6.45, 7) is 0. The van der Waals surface area contributed by atoms with Gasteiger partial charge < -0.3 is 0 Å². The molecule has 1 unspecified atom stereocenters. The van der Waals surface area contributed by atoms with Crippen LogP contribution in [0.25, 0.3) is 5.69 Å². The van der Waals surface area contributed by atoms with E-state index in [0.29, 0.717) is 0 Å². The van der Waals surface area contributed by atoms with E-state index in [1.54, 1.807) is 0 Å². The average Bonchev–Trinajstić information content (AvgIpc) is 2.99. The molecule has 1 aliphatic carbocycles. The van der Waals surface area contributed by atoms with E-state index in [2.05, 4.69) is 15.9 Å². The van der Waals surface area contributed by atoms with Crippen LogP contribution in [-0.2, 0) is 13.2 Å². The molecule has 1 heterocycles. The van der Waals surface area contributed by atoms with Gasteiger partial charge in [0.05, 0.1) is 22.9 Å². The topological polar surface area (TPSA) is 26.9 Å². The molecule has 0 N–H and O–H groups in total. The predicted molar refractivity (Wildman–Crippen MR) is 76.0 cm³/mol. The van der Waals surface area contributed by atoms with Crippen molar-refractivity contribution >= 4 is 15.9 Å². The fraction of sp³-hybridized carbons (Fsp3) is 0.357. The van der Waals surface area contributed by atoms with Gasteiger partial charge in [0.15, 0.2) is 0 Å².